The number of hydrogen-bond donors (Lipinski definition) is 1. The molecule has 30 heavy (non-hydrogen) atoms. The van der Waals surface area contributed by atoms with Crippen molar-refractivity contribution in [2.45, 2.75) is 58.7 Å². The van der Waals surface area contributed by atoms with Gasteiger partial charge in [-0.15, -0.1) is 0 Å². The standard InChI is InChI=1S/C23H27Cl3N2O2/c1-5-20(22(30)27-23(2,3)4)28(14-16-8-6-7-9-17(16)24)21(29)13-15-10-11-18(25)19(26)12-15/h6-12,20H,5,13-14H2,1-4H3,(H,27,30). The summed E-state index contributed by atoms with van der Waals surface area (Å²) in [5.74, 6) is -0.385. The van der Waals surface area contributed by atoms with E-state index < -0.39 is 11.6 Å². The molecule has 2 rings (SSSR count). The number of hydrogen-bond acceptors (Lipinski definition) is 2. The molecule has 2 amide bonds. The molecule has 1 atom stereocenters. The van der Waals surface area contributed by atoms with Gasteiger partial charge in [0.2, 0.25) is 11.8 Å². The highest BCUT2D eigenvalue weighted by Gasteiger charge is 2.31. The van der Waals surface area contributed by atoms with Gasteiger partial charge in [-0.05, 0) is 56.5 Å². The van der Waals surface area contributed by atoms with Crippen molar-refractivity contribution in [1.29, 1.82) is 0 Å². The van der Waals surface area contributed by atoms with E-state index in [1.165, 1.54) is 0 Å². The summed E-state index contributed by atoms with van der Waals surface area (Å²) in [6.45, 7) is 7.85. The number of carbonyl (C=O) groups excluding carboxylic acids is 2. The lowest BCUT2D eigenvalue weighted by atomic mass is 10.0. The van der Waals surface area contributed by atoms with Gasteiger partial charge in [0, 0.05) is 17.1 Å². The van der Waals surface area contributed by atoms with Crippen LogP contribution in [0.3, 0.4) is 0 Å². The molecule has 1 N–H and O–H groups in total. The molecule has 2 aromatic carbocycles. The van der Waals surface area contributed by atoms with Crippen molar-refractivity contribution in [1.82, 2.24) is 10.2 Å². The minimum atomic E-state index is -0.629. The zero-order chi connectivity index (χ0) is 22.5. The van der Waals surface area contributed by atoms with Gasteiger partial charge in [-0.25, -0.2) is 0 Å². The van der Waals surface area contributed by atoms with Crippen molar-refractivity contribution in [2.24, 2.45) is 0 Å². The van der Waals surface area contributed by atoms with E-state index in [0.717, 1.165) is 11.1 Å². The summed E-state index contributed by atoms with van der Waals surface area (Å²) < 4.78 is 0. The average molecular weight is 470 g/mol. The van der Waals surface area contributed by atoms with Gasteiger partial charge in [0.15, 0.2) is 0 Å². The highest BCUT2D eigenvalue weighted by atomic mass is 35.5. The summed E-state index contributed by atoms with van der Waals surface area (Å²) in [5, 5.41) is 4.35. The fourth-order valence-corrected chi connectivity index (χ4v) is 3.62. The molecule has 0 aromatic heterocycles. The number of amides is 2. The minimum absolute atomic E-state index is 0.0979. The molecule has 0 aliphatic heterocycles. The van der Waals surface area contributed by atoms with E-state index in [0.29, 0.717) is 21.5 Å². The Labute approximate surface area is 193 Å². The molecule has 4 nitrogen and oxygen atoms in total. The third-order valence-electron chi connectivity index (χ3n) is 4.52. The van der Waals surface area contributed by atoms with Crippen LogP contribution >= 0.6 is 34.8 Å². The maximum Gasteiger partial charge on any atom is 0.243 e. The molecule has 162 valence electrons. The van der Waals surface area contributed by atoms with E-state index in [1.54, 1.807) is 29.2 Å². The third-order valence-corrected chi connectivity index (χ3v) is 5.63. The van der Waals surface area contributed by atoms with Crippen LogP contribution < -0.4 is 5.32 Å². The smallest absolute Gasteiger partial charge is 0.243 e. The third kappa shape index (κ3) is 6.90. The SMILES string of the molecule is CCC(C(=O)NC(C)(C)C)N(Cc1ccccc1Cl)C(=O)Cc1ccc(Cl)c(Cl)c1. The molecular formula is C23H27Cl3N2O2. The van der Waals surface area contributed by atoms with E-state index in [4.69, 9.17) is 34.8 Å². The number of nitrogens with zero attached hydrogens (tertiary/aromatic N) is 1. The fourth-order valence-electron chi connectivity index (χ4n) is 3.11. The van der Waals surface area contributed by atoms with Crippen molar-refractivity contribution in [3.8, 4) is 0 Å². The van der Waals surface area contributed by atoms with Gasteiger partial charge in [0.1, 0.15) is 6.04 Å². The van der Waals surface area contributed by atoms with Crippen LogP contribution in [-0.4, -0.2) is 28.3 Å². The van der Waals surface area contributed by atoms with E-state index in [-0.39, 0.29) is 24.8 Å². The molecule has 0 aliphatic carbocycles. The minimum Gasteiger partial charge on any atom is -0.350 e. The molecule has 0 fully saturated rings. The normalized spacial score (nSPS) is 12.4. The predicted octanol–water partition coefficient (Wildman–Crippen LogP) is 5.91. The van der Waals surface area contributed by atoms with Gasteiger partial charge >= 0.3 is 0 Å². The molecular weight excluding hydrogens is 443 g/mol. The van der Waals surface area contributed by atoms with Crippen LogP contribution in [0, 0.1) is 0 Å². The zero-order valence-corrected chi connectivity index (χ0v) is 19.9. The first-order chi connectivity index (χ1) is 14.0. The van der Waals surface area contributed by atoms with E-state index in [2.05, 4.69) is 5.32 Å². The molecule has 0 saturated carbocycles. The second-order valence-electron chi connectivity index (χ2n) is 8.20. The largest absolute Gasteiger partial charge is 0.350 e. The molecule has 0 bridgehead atoms. The number of carbonyl (C=O) groups is 2. The number of benzene rings is 2. The summed E-state index contributed by atoms with van der Waals surface area (Å²) in [5.41, 5.74) is 1.10. The molecule has 0 spiro atoms. The van der Waals surface area contributed by atoms with Crippen LogP contribution in [0.1, 0.15) is 45.2 Å². The van der Waals surface area contributed by atoms with Crippen LogP contribution in [0.15, 0.2) is 42.5 Å². The summed E-state index contributed by atoms with van der Waals surface area (Å²) >= 11 is 18.4. The van der Waals surface area contributed by atoms with E-state index >= 15 is 0 Å². The van der Waals surface area contributed by atoms with Crippen LogP contribution in [-0.2, 0) is 22.6 Å². The first-order valence-corrected chi connectivity index (χ1v) is 10.9. The van der Waals surface area contributed by atoms with Crippen molar-refractivity contribution in [3.63, 3.8) is 0 Å². The Morgan fingerprint density at radius 1 is 1.00 bits per heavy atom. The Morgan fingerprint density at radius 3 is 2.23 bits per heavy atom. The van der Waals surface area contributed by atoms with Crippen molar-refractivity contribution in [2.75, 3.05) is 0 Å². The predicted molar refractivity (Wildman–Crippen MR) is 124 cm³/mol. The van der Waals surface area contributed by atoms with Gasteiger partial charge in [-0.2, -0.15) is 0 Å². The Kier molecular flexibility index (Phi) is 8.60. The first-order valence-electron chi connectivity index (χ1n) is 9.80. The van der Waals surface area contributed by atoms with Gasteiger partial charge in [-0.1, -0.05) is 66.0 Å². The molecule has 7 heteroatoms. The number of rotatable bonds is 7. The maximum atomic E-state index is 13.3. The van der Waals surface area contributed by atoms with Crippen molar-refractivity contribution in [3.05, 3.63) is 68.7 Å². The topological polar surface area (TPSA) is 49.4 Å². The zero-order valence-electron chi connectivity index (χ0n) is 17.6. The van der Waals surface area contributed by atoms with Gasteiger partial charge in [-0.3, -0.25) is 9.59 Å². The lowest BCUT2D eigenvalue weighted by Crippen LogP contribution is -2.53. The highest BCUT2D eigenvalue weighted by Crippen LogP contribution is 2.24. The number of halogens is 3. The van der Waals surface area contributed by atoms with Gasteiger partial charge in [0.25, 0.3) is 0 Å². The Hall–Kier alpha value is -1.75. The second kappa shape index (κ2) is 10.5. The summed E-state index contributed by atoms with van der Waals surface area (Å²) in [4.78, 5) is 27.9. The molecule has 2 aromatic rings. The van der Waals surface area contributed by atoms with Gasteiger partial charge in [0.05, 0.1) is 16.5 Å². The van der Waals surface area contributed by atoms with Crippen molar-refractivity contribution >= 4 is 46.6 Å². The van der Waals surface area contributed by atoms with Crippen LogP contribution in [0.2, 0.25) is 15.1 Å². The molecule has 0 aliphatic rings. The molecule has 0 radical (unpaired) electrons. The Bertz CT molecular complexity index is 910. The van der Waals surface area contributed by atoms with Crippen LogP contribution in [0.5, 0.6) is 0 Å². The summed E-state index contributed by atoms with van der Waals surface area (Å²) in [6, 6.07) is 11.8. The Balaban J connectivity index is 2.35. The average Bonchev–Trinajstić information content (AvgIpc) is 2.64. The quantitative estimate of drug-likeness (QED) is 0.548. The maximum absolute atomic E-state index is 13.3. The lowest BCUT2D eigenvalue weighted by molar-refractivity contribution is -0.141. The monoisotopic (exact) mass is 468 g/mol. The molecule has 0 heterocycles. The first kappa shape index (κ1) is 24.5. The lowest BCUT2D eigenvalue weighted by Gasteiger charge is -2.33. The summed E-state index contributed by atoms with van der Waals surface area (Å²) in [6.07, 6.45) is 0.570. The van der Waals surface area contributed by atoms with Crippen molar-refractivity contribution < 1.29 is 9.59 Å². The van der Waals surface area contributed by atoms with Gasteiger partial charge < -0.3 is 10.2 Å². The summed E-state index contributed by atoms with van der Waals surface area (Å²) in [7, 11) is 0. The van der Waals surface area contributed by atoms with Crippen LogP contribution in [0.4, 0.5) is 0 Å². The Morgan fingerprint density at radius 2 is 1.67 bits per heavy atom. The fraction of sp³-hybridized carbons (Fsp3) is 0.391. The van der Waals surface area contributed by atoms with Crippen LogP contribution in [0.25, 0.3) is 0 Å². The molecule has 0 saturated heterocycles. The second-order valence-corrected chi connectivity index (χ2v) is 9.42. The van der Waals surface area contributed by atoms with E-state index in [1.807, 2.05) is 45.9 Å². The molecule has 1 unspecified atom stereocenters. The number of nitrogens with one attached hydrogen (secondary N) is 1. The van der Waals surface area contributed by atoms with E-state index in [9.17, 15) is 9.59 Å². The highest BCUT2D eigenvalue weighted by molar-refractivity contribution is 6.42.